The summed E-state index contributed by atoms with van der Waals surface area (Å²) in [6.07, 6.45) is 0. The second-order valence-corrected chi connectivity index (χ2v) is 7.00. The number of hydrogen-bond acceptors (Lipinski definition) is 3. The maximum atomic E-state index is 12.8. The van der Waals surface area contributed by atoms with E-state index in [1.165, 1.54) is 0 Å². The Bertz CT molecular complexity index is 1020. The van der Waals surface area contributed by atoms with Crippen molar-refractivity contribution in [1.82, 2.24) is 0 Å². The highest BCUT2D eigenvalue weighted by atomic mass is 35.5. The van der Waals surface area contributed by atoms with Crippen LogP contribution in [0.25, 0.3) is 0 Å². The van der Waals surface area contributed by atoms with Crippen molar-refractivity contribution < 1.29 is 9.59 Å². The standard InChI is InChI=1S/C23H22ClN3O2/c1-16-20(24)12-7-13-21(16)25-15-22(28)26-18-9-6-8-17(14-18)23(29)27(2)19-10-4-3-5-11-19/h3-14,25H,15H2,1-2H3,(H,26,28). The van der Waals surface area contributed by atoms with Gasteiger partial charge in [0.05, 0.1) is 6.54 Å². The van der Waals surface area contributed by atoms with E-state index in [1.54, 1.807) is 42.3 Å². The van der Waals surface area contributed by atoms with E-state index in [-0.39, 0.29) is 18.4 Å². The molecule has 0 unspecified atom stereocenters. The molecular formula is C23H22ClN3O2. The highest BCUT2D eigenvalue weighted by molar-refractivity contribution is 6.31. The SMILES string of the molecule is Cc1c(Cl)cccc1NCC(=O)Nc1cccc(C(=O)N(C)c2ccccc2)c1. The van der Waals surface area contributed by atoms with Gasteiger partial charge in [0.25, 0.3) is 5.91 Å². The summed E-state index contributed by atoms with van der Waals surface area (Å²) < 4.78 is 0. The lowest BCUT2D eigenvalue weighted by molar-refractivity contribution is -0.114. The largest absolute Gasteiger partial charge is 0.376 e. The molecule has 0 saturated carbocycles. The predicted octanol–water partition coefficient (Wildman–Crippen LogP) is 4.98. The molecule has 0 bridgehead atoms. The third-order valence-electron chi connectivity index (χ3n) is 4.55. The van der Waals surface area contributed by atoms with Gasteiger partial charge in [-0.05, 0) is 55.0 Å². The van der Waals surface area contributed by atoms with Crippen molar-refractivity contribution in [2.24, 2.45) is 0 Å². The van der Waals surface area contributed by atoms with E-state index in [0.29, 0.717) is 16.3 Å². The Labute approximate surface area is 175 Å². The Morgan fingerprint density at radius 3 is 2.45 bits per heavy atom. The van der Waals surface area contributed by atoms with Crippen LogP contribution in [0.5, 0.6) is 0 Å². The van der Waals surface area contributed by atoms with E-state index in [9.17, 15) is 9.59 Å². The van der Waals surface area contributed by atoms with Crippen LogP contribution in [0, 0.1) is 6.92 Å². The van der Waals surface area contributed by atoms with Crippen LogP contribution in [0.15, 0.2) is 72.8 Å². The van der Waals surface area contributed by atoms with Crippen LogP contribution in [0.4, 0.5) is 17.1 Å². The second-order valence-electron chi connectivity index (χ2n) is 6.59. The van der Waals surface area contributed by atoms with Crippen molar-refractivity contribution in [3.63, 3.8) is 0 Å². The van der Waals surface area contributed by atoms with E-state index >= 15 is 0 Å². The predicted molar refractivity (Wildman–Crippen MR) is 119 cm³/mol. The van der Waals surface area contributed by atoms with Gasteiger partial charge in [0.1, 0.15) is 0 Å². The van der Waals surface area contributed by atoms with Gasteiger partial charge in [-0.25, -0.2) is 0 Å². The van der Waals surface area contributed by atoms with Gasteiger partial charge >= 0.3 is 0 Å². The van der Waals surface area contributed by atoms with Gasteiger partial charge in [0, 0.05) is 34.7 Å². The third kappa shape index (κ3) is 5.15. The molecule has 0 fully saturated rings. The molecule has 3 aromatic rings. The number of nitrogens with one attached hydrogen (secondary N) is 2. The topological polar surface area (TPSA) is 61.4 Å². The zero-order valence-electron chi connectivity index (χ0n) is 16.3. The fourth-order valence-corrected chi connectivity index (χ4v) is 3.05. The highest BCUT2D eigenvalue weighted by Gasteiger charge is 2.14. The Balaban J connectivity index is 1.64. The van der Waals surface area contributed by atoms with Crippen LogP contribution >= 0.6 is 11.6 Å². The molecular weight excluding hydrogens is 386 g/mol. The maximum absolute atomic E-state index is 12.8. The lowest BCUT2D eigenvalue weighted by atomic mass is 10.1. The minimum absolute atomic E-state index is 0.0866. The zero-order valence-corrected chi connectivity index (χ0v) is 17.0. The molecule has 0 radical (unpaired) electrons. The molecule has 0 saturated heterocycles. The molecule has 6 heteroatoms. The van der Waals surface area contributed by atoms with Crippen LogP contribution in [0.2, 0.25) is 5.02 Å². The first-order valence-electron chi connectivity index (χ1n) is 9.17. The van der Waals surface area contributed by atoms with Crippen molar-refractivity contribution in [2.75, 3.05) is 29.1 Å². The summed E-state index contributed by atoms with van der Waals surface area (Å²) in [5.74, 6) is -0.370. The van der Waals surface area contributed by atoms with Crippen LogP contribution in [-0.4, -0.2) is 25.4 Å². The Kier molecular flexibility index (Phi) is 6.52. The molecule has 2 N–H and O–H groups in total. The maximum Gasteiger partial charge on any atom is 0.258 e. The lowest BCUT2D eigenvalue weighted by Crippen LogP contribution is -2.26. The van der Waals surface area contributed by atoms with Crippen LogP contribution in [0.3, 0.4) is 0 Å². The molecule has 3 aromatic carbocycles. The number of anilines is 3. The number of amides is 2. The van der Waals surface area contributed by atoms with Crippen molar-refractivity contribution in [3.05, 3.63) is 88.9 Å². The number of nitrogens with zero attached hydrogens (tertiary/aromatic N) is 1. The zero-order chi connectivity index (χ0) is 20.8. The highest BCUT2D eigenvalue weighted by Crippen LogP contribution is 2.23. The number of halogens is 1. The average Bonchev–Trinajstić information content (AvgIpc) is 2.74. The molecule has 0 aliphatic heterocycles. The fourth-order valence-electron chi connectivity index (χ4n) is 2.87. The van der Waals surface area contributed by atoms with Gasteiger partial charge in [0.2, 0.25) is 5.91 Å². The smallest absolute Gasteiger partial charge is 0.258 e. The summed E-state index contributed by atoms with van der Waals surface area (Å²) in [6.45, 7) is 1.98. The number of para-hydroxylation sites is 1. The number of rotatable bonds is 6. The Morgan fingerprint density at radius 1 is 0.966 bits per heavy atom. The van der Waals surface area contributed by atoms with Crippen molar-refractivity contribution in [3.8, 4) is 0 Å². The summed E-state index contributed by atoms with van der Waals surface area (Å²) in [6, 6.07) is 21.8. The summed E-state index contributed by atoms with van der Waals surface area (Å²) >= 11 is 6.10. The molecule has 0 aliphatic rings. The van der Waals surface area contributed by atoms with Gasteiger partial charge in [0.15, 0.2) is 0 Å². The van der Waals surface area contributed by atoms with Gasteiger partial charge in [-0.15, -0.1) is 0 Å². The van der Waals surface area contributed by atoms with Gasteiger partial charge in [-0.3, -0.25) is 9.59 Å². The van der Waals surface area contributed by atoms with Crippen molar-refractivity contribution >= 4 is 40.5 Å². The normalized spacial score (nSPS) is 10.3. The number of hydrogen-bond donors (Lipinski definition) is 2. The molecule has 0 atom stereocenters. The Hall–Kier alpha value is -3.31. The molecule has 0 aromatic heterocycles. The molecule has 0 heterocycles. The van der Waals surface area contributed by atoms with E-state index in [2.05, 4.69) is 10.6 Å². The van der Waals surface area contributed by atoms with Crippen LogP contribution in [0.1, 0.15) is 15.9 Å². The van der Waals surface area contributed by atoms with Crippen LogP contribution < -0.4 is 15.5 Å². The van der Waals surface area contributed by atoms with E-state index in [4.69, 9.17) is 11.6 Å². The summed E-state index contributed by atoms with van der Waals surface area (Å²) in [5, 5.41) is 6.54. The number of carbonyl (C=O) groups is 2. The van der Waals surface area contributed by atoms with E-state index in [1.807, 2.05) is 49.4 Å². The lowest BCUT2D eigenvalue weighted by Gasteiger charge is -2.18. The molecule has 3 rings (SSSR count). The molecule has 5 nitrogen and oxygen atoms in total. The second kappa shape index (κ2) is 9.26. The molecule has 29 heavy (non-hydrogen) atoms. The first-order valence-corrected chi connectivity index (χ1v) is 9.55. The molecule has 2 amide bonds. The van der Waals surface area contributed by atoms with Gasteiger partial charge in [-0.2, -0.15) is 0 Å². The summed E-state index contributed by atoms with van der Waals surface area (Å²) in [7, 11) is 1.72. The fraction of sp³-hybridized carbons (Fsp3) is 0.130. The number of carbonyl (C=O) groups excluding carboxylic acids is 2. The minimum atomic E-state index is -0.217. The van der Waals surface area contributed by atoms with Gasteiger partial charge in [-0.1, -0.05) is 41.9 Å². The summed E-state index contributed by atoms with van der Waals surface area (Å²) in [5.41, 5.74) is 3.55. The van der Waals surface area contributed by atoms with Gasteiger partial charge < -0.3 is 15.5 Å². The molecule has 148 valence electrons. The summed E-state index contributed by atoms with van der Waals surface area (Å²) in [4.78, 5) is 26.6. The van der Waals surface area contributed by atoms with E-state index in [0.717, 1.165) is 16.9 Å². The van der Waals surface area contributed by atoms with Crippen molar-refractivity contribution in [1.29, 1.82) is 0 Å². The first kappa shape index (κ1) is 20.4. The minimum Gasteiger partial charge on any atom is -0.376 e. The quantitative estimate of drug-likeness (QED) is 0.606. The average molecular weight is 408 g/mol. The third-order valence-corrected chi connectivity index (χ3v) is 4.96. The van der Waals surface area contributed by atoms with Crippen LogP contribution in [-0.2, 0) is 4.79 Å². The van der Waals surface area contributed by atoms with Crippen molar-refractivity contribution in [2.45, 2.75) is 6.92 Å². The monoisotopic (exact) mass is 407 g/mol. The molecule has 0 aliphatic carbocycles. The number of benzene rings is 3. The first-order chi connectivity index (χ1) is 14.0. The molecule has 0 spiro atoms. The van der Waals surface area contributed by atoms with E-state index < -0.39 is 0 Å². The Morgan fingerprint density at radius 2 is 1.69 bits per heavy atom.